The summed E-state index contributed by atoms with van der Waals surface area (Å²) in [5.41, 5.74) is 0.828. The molecule has 0 aliphatic heterocycles. The number of nitrogens with one attached hydrogen (secondary N) is 2. The standard InChI is InChI=1S/C9H13N5O3S/c1-14-3-2-8(13-14)5-11-18(16,17)9-7(6-15)4-10-12-9/h2-4,11,15H,5-6H2,1H3,(H,10,12). The van der Waals surface area contributed by atoms with Crippen LogP contribution in [0.1, 0.15) is 11.3 Å². The maximum Gasteiger partial charge on any atom is 0.258 e. The summed E-state index contributed by atoms with van der Waals surface area (Å²) in [7, 11) is -1.98. The Balaban J connectivity index is 2.13. The molecule has 2 heterocycles. The van der Waals surface area contributed by atoms with Crippen LogP contribution >= 0.6 is 0 Å². The predicted octanol–water partition coefficient (Wildman–Crippen LogP) is -0.886. The van der Waals surface area contributed by atoms with E-state index in [0.29, 0.717) is 5.69 Å². The van der Waals surface area contributed by atoms with E-state index in [1.54, 1.807) is 24.0 Å². The smallest absolute Gasteiger partial charge is 0.258 e. The van der Waals surface area contributed by atoms with E-state index in [2.05, 4.69) is 20.0 Å². The number of aliphatic hydroxyl groups excluding tert-OH is 1. The van der Waals surface area contributed by atoms with Crippen molar-refractivity contribution in [2.45, 2.75) is 18.2 Å². The molecule has 0 atom stereocenters. The predicted molar refractivity (Wildman–Crippen MR) is 61.7 cm³/mol. The van der Waals surface area contributed by atoms with Crippen molar-refractivity contribution in [3.05, 3.63) is 29.7 Å². The van der Waals surface area contributed by atoms with Crippen molar-refractivity contribution in [3.63, 3.8) is 0 Å². The van der Waals surface area contributed by atoms with Crippen LogP contribution in [0.25, 0.3) is 0 Å². The third kappa shape index (κ3) is 2.58. The van der Waals surface area contributed by atoms with Crippen LogP contribution in [0, 0.1) is 0 Å². The van der Waals surface area contributed by atoms with Crippen molar-refractivity contribution in [2.75, 3.05) is 0 Å². The van der Waals surface area contributed by atoms with Crippen molar-refractivity contribution >= 4 is 10.0 Å². The Morgan fingerprint density at radius 3 is 2.94 bits per heavy atom. The van der Waals surface area contributed by atoms with Crippen molar-refractivity contribution in [3.8, 4) is 0 Å². The molecule has 0 saturated carbocycles. The molecule has 0 aromatic carbocycles. The highest BCUT2D eigenvalue weighted by Crippen LogP contribution is 2.11. The topological polar surface area (TPSA) is 113 Å². The maximum atomic E-state index is 11.9. The summed E-state index contributed by atoms with van der Waals surface area (Å²) in [4.78, 5) is 0. The highest BCUT2D eigenvalue weighted by Gasteiger charge is 2.20. The largest absolute Gasteiger partial charge is 0.392 e. The summed E-state index contributed by atoms with van der Waals surface area (Å²) < 4.78 is 27.8. The first-order chi connectivity index (χ1) is 8.53. The van der Waals surface area contributed by atoms with Gasteiger partial charge in [0.05, 0.1) is 25.0 Å². The Morgan fingerprint density at radius 2 is 2.33 bits per heavy atom. The lowest BCUT2D eigenvalue weighted by atomic mass is 10.4. The van der Waals surface area contributed by atoms with E-state index in [1.165, 1.54) is 6.20 Å². The quantitative estimate of drug-likeness (QED) is 0.653. The van der Waals surface area contributed by atoms with Gasteiger partial charge in [0.15, 0.2) is 5.03 Å². The van der Waals surface area contributed by atoms with Gasteiger partial charge in [-0.2, -0.15) is 10.2 Å². The zero-order valence-electron chi connectivity index (χ0n) is 9.66. The molecule has 2 aromatic heterocycles. The Morgan fingerprint density at radius 1 is 1.56 bits per heavy atom. The van der Waals surface area contributed by atoms with Crippen molar-refractivity contribution < 1.29 is 13.5 Å². The number of sulfonamides is 1. The number of nitrogens with zero attached hydrogens (tertiary/aromatic N) is 3. The summed E-state index contributed by atoms with van der Waals surface area (Å²) in [6.07, 6.45) is 2.99. The average Bonchev–Trinajstić information content (AvgIpc) is 2.95. The molecule has 0 spiro atoms. The first-order valence-electron chi connectivity index (χ1n) is 5.14. The molecule has 8 nitrogen and oxygen atoms in total. The zero-order chi connectivity index (χ0) is 13.2. The molecule has 3 N–H and O–H groups in total. The minimum Gasteiger partial charge on any atom is -0.392 e. The third-order valence-corrected chi connectivity index (χ3v) is 3.74. The van der Waals surface area contributed by atoms with Crippen LogP contribution in [0.3, 0.4) is 0 Å². The lowest BCUT2D eigenvalue weighted by Gasteiger charge is -2.04. The molecule has 0 radical (unpaired) electrons. The molecule has 0 fully saturated rings. The molecule has 2 aromatic rings. The molecular weight excluding hydrogens is 258 g/mol. The van der Waals surface area contributed by atoms with Gasteiger partial charge >= 0.3 is 0 Å². The molecule has 0 unspecified atom stereocenters. The summed E-state index contributed by atoms with van der Waals surface area (Å²) >= 11 is 0. The number of aromatic nitrogens is 4. The number of H-pyrrole nitrogens is 1. The second kappa shape index (κ2) is 4.88. The third-order valence-electron chi connectivity index (χ3n) is 2.33. The number of rotatable bonds is 5. The maximum absolute atomic E-state index is 11.9. The van der Waals surface area contributed by atoms with Gasteiger partial charge in [-0.3, -0.25) is 9.78 Å². The van der Waals surface area contributed by atoms with E-state index in [4.69, 9.17) is 5.11 Å². The van der Waals surface area contributed by atoms with E-state index in [9.17, 15) is 8.42 Å². The normalized spacial score (nSPS) is 11.9. The van der Waals surface area contributed by atoms with Gasteiger partial charge in [0.2, 0.25) is 0 Å². The zero-order valence-corrected chi connectivity index (χ0v) is 10.5. The van der Waals surface area contributed by atoms with Crippen LogP contribution in [0.15, 0.2) is 23.5 Å². The second-order valence-corrected chi connectivity index (χ2v) is 5.39. The van der Waals surface area contributed by atoms with Crippen LogP contribution in [-0.2, 0) is 30.2 Å². The van der Waals surface area contributed by atoms with Gasteiger partial charge < -0.3 is 5.11 Å². The number of aryl methyl sites for hydroxylation is 1. The van der Waals surface area contributed by atoms with E-state index in [0.717, 1.165) is 0 Å². The molecule has 18 heavy (non-hydrogen) atoms. The van der Waals surface area contributed by atoms with Gasteiger partial charge in [-0.1, -0.05) is 0 Å². The molecule has 2 rings (SSSR count). The highest BCUT2D eigenvalue weighted by atomic mass is 32.2. The monoisotopic (exact) mass is 271 g/mol. The second-order valence-electron chi connectivity index (χ2n) is 3.69. The lowest BCUT2D eigenvalue weighted by molar-refractivity contribution is 0.278. The fourth-order valence-corrected chi connectivity index (χ4v) is 2.56. The van der Waals surface area contributed by atoms with Crippen LogP contribution in [0.4, 0.5) is 0 Å². The van der Waals surface area contributed by atoms with Crippen LogP contribution in [0.5, 0.6) is 0 Å². The summed E-state index contributed by atoms with van der Waals surface area (Å²) in [6.45, 7) is -0.316. The molecule has 9 heteroatoms. The van der Waals surface area contributed by atoms with E-state index >= 15 is 0 Å². The first kappa shape index (κ1) is 12.7. The molecule has 0 bridgehead atoms. The van der Waals surface area contributed by atoms with Crippen LogP contribution in [0.2, 0.25) is 0 Å². The van der Waals surface area contributed by atoms with Gasteiger partial charge in [0, 0.05) is 18.8 Å². The van der Waals surface area contributed by atoms with Crippen LogP contribution < -0.4 is 4.72 Å². The Kier molecular flexibility index (Phi) is 3.45. The SMILES string of the molecule is Cn1ccc(CNS(=O)(=O)c2[nH]ncc2CO)n1. The molecule has 98 valence electrons. The molecule has 0 aliphatic rings. The first-order valence-corrected chi connectivity index (χ1v) is 6.62. The number of aliphatic hydroxyl groups is 1. The van der Waals surface area contributed by atoms with Crippen LogP contribution in [-0.4, -0.2) is 33.5 Å². The molecule has 0 aliphatic carbocycles. The summed E-state index contributed by atoms with van der Waals surface area (Å²) in [6, 6.07) is 1.71. The van der Waals surface area contributed by atoms with Crippen molar-refractivity contribution in [1.82, 2.24) is 24.7 Å². The number of hydrogen-bond donors (Lipinski definition) is 3. The molecule has 0 amide bonds. The lowest BCUT2D eigenvalue weighted by Crippen LogP contribution is -2.25. The van der Waals surface area contributed by atoms with Gasteiger partial charge in [0.25, 0.3) is 10.0 Å². The van der Waals surface area contributed by atoms with E-state index < -0.39 is 16.6 Å². The van der Waals surface area contributed by atoms with Gasteiger partial charge in [-0.25, -0.2) is 13.1 Å². The highest BCUT2D eigenvalue weighted by molar-refractivity contribution is 7.89. The van der Waals surface area contributed by atoms with Crippen molar-refractivity contribution in [1.29, 1.82) is 0 Å². The van der Waals surface area contributed by atoms with Crippen molar-refractivity contribution in [2.24, 2.45) is 7.05 Å². The fraction of sp³-hybridized carbons (Fsp3) is 0.333. The van der Waals surface area contributed by atoms with E-state index in [1.807, 2.05) is 0 Å². The molecular formula is C9H13N5O3S. The minimum atomic E-state index is -3.73. The number of aromatic amines is 1. The average molecular weight is 271 g/mol. The minimum absolute atomic E-state index is 0.0765. The molecule has 0 saturated heterocycles. The van der Waals surface area contributed by atoms with Gasteiger partial charge in [-0.15, -0.1) is 0 Å². The van der Waals surface area contributed by atoms with Gasteiger partial charge in [0.1, 0.15) is 0 Å². The van der Waals surface area contributed by atoms with Gasteiger partial charge in [-0.05, 0) is 6.07 Å². The Bertz CT molecular complexity index is 630. The Labute approximate surface area is 104 Å². The summed E-state index contributed by atoms with van der Waals surface area (Å²) in [5, 5.41) is 18.9. The Hall–Kier alpha value is -1.71. The fourth-order valence-electron chi connectivity index (χ4n) is 1.44. The van der Waals surface area contributed by atoms with E-state index in [-0.39, 0.29) is 17.1 Å². The summed E-state index contributed by atoms with van der Waals surface area (Å²) in [5.74, 6) is 0. The number of hydrogen-bond acceptors (Lipinski definition) is 5.